The molecule has 0 N–H and O–H groups in total. The maximum absolute atomic E-state index is 4.02. The number of hydrogen-bond donors (Lipinski definition) is 0. The Kier molecular flexibility index (Phi) is 2.22. The van der Waals surface area contributed by atoms with Gasteiger partial charge in [-0.15, -0.1) is 0 Å². The molecule has 0 radical (unpaired) electrons. The van der Waals surface area contributed by atoms with Gasteiger partial charge in [-0.2, -0.15) is 0 Å². The van der Waals surface area contributed by atoms with Crippen molar-refractivity contribution in [2.45, 2.75) is 6.42 Å². The van der Waals surface area contributed by atoms with Crippen LogP contribution in [0.2, 0.25) is 0 Å². The quantitative estimate of drug-likeness (QED) is 0.674. The van der Waals surface area contributed by atoms with E-state index in [0.717, 1.165) is 11.4 Å². The van der Waals surface area contributed by atoms with Gasteiger partial charge in [-0.3, -0.25) is 4.98 Å². The second-order valence-electron chi connectivity index (χ2n) is 2.59. The molecule has 4 nitrogen and oxygen atoms in total. The second kappa shape index (κ2) is 3.71. The predicted molar refractivity (Wildman–Crippen MR) is 46.9 cm³/mol. The molecule has 0 aliphatic rings. The van der Waals surface area contributed by atoms with Gasteiger partial charge in [0.2, 0.25) is 0 Å². The summed E-state index contributed by atoms with van der Waals surface area (Å²) in [4.78, 5) is 15.8. The summed E-state index contributed by atoms with van der Waals surface area (Å²) < 4.78 is 0. The molecule has 0 saturated heterocycles. The SMILES string of the molecule is c1cncc(Cc2ncncn2)c1. The molecule has 0 atom stereocenters. The lowest BCUT2D eigenvalue weighted by molar-refractivity contribution is 0.914. The van der Waals surface area contributed by atoms with Crippen LogP contribution in [-0.2, 0) is 6.42 Å². The maximum Gasteiger partial charge on any atom is 0.136 e. The van der Waals surface area contributed by atoms with Crippen molar-refractivity contribution >= 4 is 0 Å². The molecule has 13 heavy (non-hydrogen) atoms. The summed E-state index contributed by atoms with van der Waals surface area (Å²) in [5.41, 5.74) is 1.11. The lowest BCUT2D eigenvalue weighted by atomic mass is 10.2. The van der Waals surface area contributed by atoms with Crippen LogP contribution in [0.15, 0.2) is 37.2 Å². The van der Waals surface area contributed by atoms with Crippen molar-refractivity contribution in [3.8, 4) is 0 Å². The Labute approximate surface area is 75.7 Å². The molecule has 0 bridgehead atoms. The van der Waals surface area contributed by atoms with E-state index >= 15 is 0 Å². The van der Waals surface area contributed by atoms with Crippen LogP contribution in [0.5, 0.6) is 0 Å². The van der Waals surface area contributed by atoms with E-state index in [1.54, 1.807) is 6.20 Å². The third-order valence-corrected chi connectivity index (χ3v) is 1.63. The van der Waals surface area contributed by atoms with Gasteiger partial charge in [-0.1, -0.05) is 6.07 Å². The molecule has 2 heterocycles. The summed E-state index contributed by atoms with van der Waals surface area (Å²) in [6, 6.07) is 3.90. The highest BCUT2D eigenvalue weighted by Gasteiger charge is 1.96. The van der Waals surface area contributed by atoms with Crippen molar-refractivity contribution in [3.05, 3.63) is 48.6 Å². The van der Waals surface area contributed by atoms with Crippen LogP contribution in [0.4, 0.5) is 0 Å². The van der Waals surface area contributed by atoms with Crippen molar-refractivity contribution in [1.29, 1.82) is 0 Å². The molecule has 0 aliphatic carbocycles. The molecule has 0 amide bonds. The zero-order valence-corrected chi connectivity index (χ0v) is 6.96. The minimum Gasteiger partial charge on any atom is -0.264 e. The summed E-state index contributed by atoms with van der Waals surface area (Å²) >= 11 is 0. The highest BCUT2D eigenvalue weighted by molar-refractivity contribution is 5.13. The lowest BCUT2D eigenvalue weighted by Gasteiger charge is -1.97. The Balaban J connectivity index is 2.16. The Morgan fingerprint density at radius 3 is 2.62 bits per heavy atom. The van der Waals surface area contributed by atoms with Crippen LogP contribution in [-0.4, -0.2) is 19.9 Å². The molecule has 0 aliphatic heterocycles. The third kappa shape index (κ3) is 2.05. The third-order valence-electron chi connectivity index (χ3n) is 1.63. The molecule has 64 valence electrons. The minimum absolute atomic E-state index is 0.705. The van der Waals surface area contributed by atoms with Crippen molar-refractivity contribution in [3.63, 3.8) is 0 Å². The molecule has 0 saturated carbocycles. The van der Waals surface area contributed by atoms with Crippen LogP contribution >= 0.6 is 0 Å². The van der Waals surface area contributed by atoms with E-state index in [0.29, 0.717) is 6.42 Å². The number of pyridine rings is 1. The largest absolute Gasteiger partial charge is 0.264 e. The van der Waals surface area contributed by atoms with Gasteiger partial charge in [0.15, 0.2) is 0 Å². The fraction of sp³-hybridized carbons (Fsp3) is 0.111. The summed E-state index contributed by atoms with van der Waals surface area (Å²) in [6.07, 6.45) is 7.26. The molecule has 2 aromatic heterocycles. The van der Waals surface area contributed by atoms with Crippen molar-refractivity contribution in [1.82, 2.24) is 19.9 Å². The second-order valence-corrected chi connectivity index (χ2v) is 2.59. The van der Waals surface area contributed by atoms with E-state index in [1.807, 2.05) is 18.3 Å². The zero-order valence-electron chi connectivity index (χ0n) is 6.96. The van der Waals surface area contributed by atoms with Gasteiger partial charge in [0, 0.05) is 18.8 Å². The molecule has 2 aromatic rings. The molecule has 4 heteroatoms. The van der Waals surface area contributed by atoms with E-state index in [1.165, 1.54) is 12.7 Å². The van der Waals surface area contributed by atoms with Crippen molar-refractivity contribution < 1.29 is 0 Å². The maximum atomic E-state index is 4.02. The number of rotatable bonds is 2. The van der Waals surface area contributed by atoms with E-state index in [2.05, 4.69) is 19.9 Å². The first kappa shape index (κ1) is 7.79. The summed E-state index contributed by atoms with van der Waals surface area (Å²) in [5.74, 6) is 0.767. The standard InChI is InChI=1S/C9H8N4/c1-2-8(5-10-3-1)4-9-12-6-11-7-13-9/h1-3,5-7H,4H2. The van der Waals surface area contributed by atoms with E-state index in [9.17, 15) is 0 Å². The summed E-state index contributed by atoms with van der Waals surface area (Å²) in [5, 5.41) is 0. The monoisotopic (exact) mass is 172 g/mol. The van der Waals surface area contributed by atoms with Crippen LogP contribution in [0, 0.1) is 0 Å². The Morgan fingerprint density at radius 1 is 1.08 bits per heavy atom. The molecule has 0 unspecified atom stereocenters. The summed E-state index contributed by atoms with van der Waals surface area (Å²) in [6.45, 7) is 0. The first-order valence-corrected chi connectivity index (χ1v) is 3.95. The molecule has 0 aromatic carbocycles. The topological polar surface area (TPSA) is 51.6 Å². The smallest absolute Gasteiger partial charge is 0.136 e. The molecule has 2 rings (SSSR count). The van der Waals surface area contributed by atoms with Gasteiger partial charge >= 0.3 is 0 Å². The van der Waals surface area contributed by atoms with Gasteiger partial charge in [0.25, 0.3) is 0 Å². The molecule has 0 spiro atoms. The van der Waals surface area contributed by atoms with Crippen molar-refractivity contribution in [2.75, 3.05) is 0 Å². The number of aromatic nitrogens is 4. The first-order valence-electron chi connectivity index (χ1n) is 3.95. The Hall–Kier alpha value is -1.84. The molecular formula is C9H8N4. The molecular weight excluding hydrogens is 164 g/mol. The zero-order chi connectivity index (χ0) is 8.93. The minimum atomic E-state index is 0.705. The fourth-order valence-electron chi connectivity index (χ4n) is 1.04. The van der Waals surface area contributed by atoms with Gasteiger partial charge in [0.1, 0.15) is 18.5 Å². The Morgan fingerprint density at radius 2 is 1.92 bits per heavy atom. The number of nitrogens with zero attached hydrogens (tertiary/aromatic N) is 4. The number of hydrogen-bond acceptors (Lipinski definition) is 4. The highest BCUT2D eigenvalue weighted by atomic mass is 15.0. The van der Waals surface area contributed by atoms with Gasteiger partial charge in [-0.25, -0.2) is 15.0 Å². The Bertz CT molecular complexity index is 322. The predicted octanol–water partition coefficient (Wildman–Crippen LogP) is 0.857. The van der Waals surface area contributed by atoms with Crippen LogP contribution in [0.3, 0.4) is 0 Å². The summed E-state index contributed by atoms with van der Waals surface area (Å²) in [7, 11) is 0. The van der Waals surface area contributed by atoms with Crippen molar-refractivity contribution in [2.24, 2.45) is 0 Å². The van der Waals surface area contributed by atoms with E-state index in [-0.39, 0.29) is 0 Å². The van der Waals surface area contributed by atoms with Gasteiger partial charge in [-0.05, 0) is 11.6 Å². The van der Waals surface area contributed by atoms with E-state index in [4.69, 9.17) is 0 Å². The van der Waals surface area contributed by atoms with Crippen LogP contribution in [0.25, 0.3) is 0 Å². The fourth-order valence-corrected chi connectivity index (χ4v) is 1.04. The van der Waals surface area contributed by atoms with E-state index < -0.39 is 0 Å². The first-order chi connectivity index (χ1) is 6.45. The average Bonchev–Trinajstić information content (AvgIpc) is 2.21. The average molecular weight is 172 g/mol. The van der Waals surface area contributed by atoms with Crippen LogP contribution < -0.4 is 0 Å². The molecule has 0 fully saturated rings. The van der Waals surface area contributed by atoms with Gasteiger partial charge in [0.05, 0.1) is 0 Å². The normalized spacial score (nSPS) is 9.85. The lowest BCUT2D eigenvalue weighted by Crippen LogP contribution is -1.96. The van der Waals surface area contributed by atoms with Gasteiger partial charge < -0.3 is 0 Å². The van der Waals surface area contributed by atoms with Crippen LogP contribution in [0.1, 0.15) is 11.4 Å². The highest BCUT2D eigenvalue weighted by Crippen LogP contribution is 2.01.